The third-order valence-electron chi connectivity index (χ3n) is 3.70. The van der Waals surface area contributed by atoms with E-state index in [9.17, 15) is 15.0 Å². The van der Waals surface area contributed by atoms with Crippen LogP contribution in [0.1, 0.15) is 23.0 Å². The summed E-state index contributed by atoms with van der Waals surface area (Å²) < 4.78 is 0. The minimum Gasteiger partial charge on any atom is -0.508 e. The van der Waals surface area contributed by atoms with Crippen molar-refractivity contribution in [2.24, 2.45) is 11.5 Å². The molecule has 2 atom stereocenters. The minimum absolute atomic E-state index is 0.0883. The van der Waals surface area contributed by atoms with Crippen molar-refractivity contribution in [3.63, 3.8) is 0 Å². The zero-order valence-electron chi connectivity index (χ0n) is 12.1. The predicted octanol–water partition coefficient (Wildman–Crippen LogP) is 1.45. The summed E-state index contributed by atoms with van der Waals surface area (Å²) in [5, 5.41) is 19.2. The van der Waals surface area contributed by atoms with Gasteiger partial charge in [-0.1, -0.05) is 24.3 Å². The lowest BCUT2D eigenvalue weighted by atomic mass is 9.83. The van der Waals surface area contributed by atoms with Crippen LogP contribution in [0.4, 0.5) is 0 Å². The Hall–Kier alpha value is -2.37. The first-order chi connectivity index (χ1) is 10.6. The fourth-order valence-corrected chi connectivity index (χ4v) is 2.56. The first kappa shape index (κ1) is 16.0. The van der Waals surface area contributed by atoms with Gasteiger partial charge in [0, 0.05) is 13.1 Å². The fourth-order valence-electron chi connectivity index (χ4n) is 2.56. The Morgan fingerprint density at radius 1 is 0.864 bits per heavy atom. The van der Waals surface area contributed by atoms with Crippen LogP contribution >= 0.6 is 0 Å². The summed E-state index contributed by atoms with van der Waals surface area (Å²) in [6.07, 6.45) is 0. The quantitative estimate of drug-likeness (QED) is 0.645. The van der Waals surface area contributed by atoms with Gasteiger partial charge in [0.25, 0.3) is 0 Å². The molecule has 0 saturated heterocycles. The number of phenols is 2. The van der Waals surface area contributed by atoms with Crippen molar-refractivity contribution < 1.29 is 15.0 Å². The highest BCUT2D eigenvalue weighted by molar-refractivity contribution is 5.92. The Labute approximate surface area is 129 Å². The van der Waals surface area contributed by atoms with Gasteiger partial charge in [-0.3, -0.25) is 4.79 Å². The van der Waals surface area contributed by atoms with Crippen LogP contribution < -0.4 is 11.5 Å². The Bertz CT molecular complexity index is 602. The van der Waals surface area contributed by atoms with Crippen LogP contribution in [0.25, 0.3) is 0 Å². The highest BCUT2D eigenvalue weighted by atomic mass is 16.3. The summed E-state index contributed by atoms with van der Waals surface area (Å²) in [5.74, 6) is -1.05. The maximum atomic E-state index is 12.8. The molecular formula is C17H20N2O3. The maximum absolute atomic E-state index is 12.8. The van der Waals surface area contributed by atoms with Gasteiger partial charge in [0.05, 0.1) is 11.8 Å². The Morgan fingerprint density at radius 3 is 1.59 bits per heavy atom. The van der Waals surface area contributed by atoms with E-state index >= 15 is 0 Å². The van der Waals surface area contributed by atoms with Crippen molar-refractivity contribution in [1.29, 1.82) is 0 Å². The van der Waals surface area contributed by atoms with Crippen molar-refractivity contribution >= 4 is 5.78 Å². The summed E-state index contributed by atoms with van der Waals surface area (Å²) in [6.45, 7) is 0.245. The summed E-state index contributed by atoms with van der Waals surface area (Å²) in [7, 11) is 0. The molecule has 22 heavy (non-hydrogen) atoms. The highest BCUT2D eigenvalue weighted by Gasteiger charge is 2.28. The van der Waals surface area contributed by atoms with Gasteiger partial charge in [-0.15, -0.1) is 0 Å². The van der Waals surface area contributed by atoms with Gasteiger partial charge in [0.2, 0.25) is 0 Å². The standard InChI is InChI=1S/C17H20N2O3/c18-9-15(11-3-1-5-13(20)7-11)17(22)16(10-19)12-4-2-6-14(21)8-12/h1-8,15-16,20-21H,9-10,18-19H2. The monoisotopic (exact) mass is 300 g/mol. The van der Waals surface area contributed by atoms with E-state index in [2.05, 4.69) is 0 Å². The number of rotatable bonds is 6. The number of ketones is 1. The smallest absolute Gasteiger partial charge is 0.150 e. The third-order valence-corrected chi connectivity index (χ3v) is 3.70. The van der Waals surface area contributed by atoms with Crippen LogP contribution in [0.5, 0.6) is 11.5 Å². The number of Topliss-reactive ketones (excluding diaryl/α,β-unsaturated/α-hetero) is 1. The lowest BCUT2D eigenvalue weighted by Gasteiger charge is -2.21. The van der Waals surface area contributed by atoms with Crippen LogP contribution in [0, 0.1) is 0 Å². The van der Waals surface area contributed by atoms with E-state index in [1.165, 1.54) is 24.3 Å². The lowest BCUT2D eigenvalue weighted by Crippen LogP contribution is -2.30. The number of aromatic hydroxyl groups is 2. The second kappa shape index (κ2) is 7.06. The number of hydrogen-bond donors (Lipinski definition) is 4. The summed E-state index contributed by atoms with van der Waals surface area (Å²) in [6, 6.07) is 13.0. The average molecular weight is 300 g/mol. The number of benzene rings is 2. The molecule has 0 fully saturated rings. The van der Waals surface area contributed by atoms with Gasteiger partial charge >= 0.3 is 0 Å². The van der Waals surface area contributed by atoms with E-state index in [0.29, 0.717) is 11.1 Å². The van der Waals surface area contributed by atoms with Crippen LogP contribution in [-0.4, -0.2) is 29.1 Å². The van der Waals surface area contributed by atoms with E-state index in [1.807, 2.05) is 0 Å². The van der Waals surface area contributed by atoms with Crippen molar-refractivity contribution in [1.82, 2.24) is 0 Å². The van der Waals surface area contributed by atoms with Gasteiger partial charge in [0.1, 0.15) is 17.3 Å². The normalized spacial score (nSPS) is 13.5. The molecule has 0 aromatic heterocycles. The third kappa shape index (κ3) is 3.44. The van der Waals surface area contributed by atoms with Gasteiger partial charge in [0.15, 0.2) is 0 Å². The number of phenolic OH excluding ortho intramolecular Hbond substituents is 2. The number of carbonyl (C=O) groups is 1. The molecule has 0 amide bonds. The Morgan fingerprint density at radius 2 is 1.27 bits per heavy atom. The molecule has 0 aliphatic heterocycles. The average Bonchev–Trinajstić information content (AvgIpc) is 2.49. The topological polar surface area (TPSA) is 110 Å². The molecular weight excluding hydrogens is 280 g/mol. The molecule has 2 aromatic rings. The van der Waals surface area contributed by atoms with Gasteiger partial charge in [-0.2, -0.15) is 0 Å². The van der Waals surface area contributed by atoms with Crippen LogP contribution in [0.15, 0.2) is 48.5 Å². The zero-order chi connectivity index (χ0) is 16.1. The molecule has 6 N–H and O–H groups in total. The van der Waals surface area contributed by atoms with E-state index < -0.39 is 11.8 Å². The molecule has 0 heterocycles. The molecule has 0 spiro atoms. The SMILES string of the molecule is NCC(C(=O)C(CN)c1cccc(O)c1)c1cccc(O)c1. The highest BCUT2D eigenvalue weighted by Crippen LogP contribution is 2.28. The number of carbonyl (C=O) groups excluding carboxylic acids is 1. The van der Waals surface area contributed by atoms with Gasteiger partial charge in [-0.25, -0.2) is 0 Å². The summed E-state index contributed by atoms with van der Waals surface area (Å²) >= 11 is 0. The molecule has 0 aliphatic carbocycles. The molecule has 2 rings (SSSR count). The second-order valence-corrected chi connectivity index (χ2v) is 5.17. The van der Waals surface area contributed by atoms with E-state index in [1.54, 1.807) is 24.3 Å². The van der Waals surface area contributed by atoms with Crippen LogP contribution in [-0.2, 0) is 4.79 Å². The molecule has 5 heteroatoms. The molecule has 0 saturated carbocycles. The van der Waals surface area contributed by atoms with E-state index in [4.69, 9.17) is 11.5 Å². The van der Waals surface area contributed by atoms with Gasteiger partial charge < -0.3 is 21.7 Å². The van der Waals surface area contributed by atoms with Crippen molar-refractivity contribution in [2.75, 3.05) is 13.1 Å². The number of hydrogen-bond acceptors (Lipinski definition) is 5. The van der Waals surface area contributed by atoms with E-state index in [0.717, 1.165) is 0 Å². The zero-order valence-corrected chi connectivity index (χ0v) is 12.1. The summed E-state index contributed by atoms with van der Waals surface area (Å²) in [4.78, 5) is 12.8. The van der Waals surface area contributed by atoms with Crippen molar-refractivity contribution in [3.8, 4) is 11.5 Å². The molecule has 0 bridgehead atoms. The second-order valence-electron chi connectivity index (χ2n) is 5.17. The van der Waals surface area contributed by atoms with Crippen LogP contribution in [0.3, 0.4) is 0 Å². The number of nitrogens with two attached hydrogens (primary N) is 2. The summed E-state index contributed by atoms with van der Waals surface area (Å²) in [5.41, 5.74) is 12.8. The molecule has 2 unspecified atom stereocenters. The largest absolute Gasteiger partial charge is 0.508 e. The van der Waals surface area contributed by atoms with Gasteiger partial charge in [-0.05, 0) is 35.4 Å². The minimum atomic E-state index is -0.553. The fraction of sp³-hybridized carbons (Fsp3) is 0.235. The van der Waals surface area contributed by atoms with E-state index in [-0.39, 0.29) is 30.4 Å². The molecule has 0 aliphatic rings. The first-order valence-corrected chi connectivity index (χ1v) is 7.08. The molecule has 5 nitrogen and oxygen atoms in total. The Balaban J connectivity index is 2.33. The van der Waals surface area contributed by atoms with Crippen molar-refractivity contribution in [2.45, 2.75) is 11.8 Å². The Kier molecular flexibility index (Phi) is 5.14. The van der Waals surface area contributed by atoms with Crippen molar-refractivity contribution in [3.05, 3.63) is 59.7 Å². The predicted molar refractivity (Wildman–Crippen MR) is 84.8 cm³/mol. The molecule has 2 aromatic carbocycles. The molecule has 116 valence electrons. The maximum Gasteiger partial charge on any atom is 0.150 e. The van der Waals surface area contributed by atoms with Crippen LogP contribution in [0.2, 0.25) is 0 Å². The molecule has 0 radical (unpaired) electrons. The first-order valence-electron chi connectivity index (χ1n) is 7.08. The lowest BCUT2D eigenvalue weighted by molar-refractivity contribution is -0.121.